The van der Waals surface area contributed by atoms with E-state index in [-0.39, 0.29) is 11.9 Å². The molecule has 1 heterocycles. The van der Waals surface area contributed by atoms with Crippen LogP contribution in [0, 0.1) is 5.41 Å². The monoisotopic (exact) mass is 245 g/mol. The van der Waals surface area contributed by atoms with Crippen LogP contribution in [0.25, 0.3) is 0 Å². The predicted octanol–water partition coefficient (Wildman–Crippen LogP) is 1.93. The Kier molecular flexibility index (Phi) is 3.48. The zero-order chi connectivity index (χ0) is 13.2. The molecule has 0 saturated carbocycles. The smallest absolute Gasteiger partial charge is 0.250 e. The van der Waals surface area contributed by atoms with Gasteiger partial charge in [-0.1, -0.05) is 30.3 Å². The zero-order valence-electron chi connectivity index (χ0n) is 10.8. The van der Waals surface area contributed by atoms with Crippen molar-refractivity contribution in [1.82, 2.24) is 5.01 Å². The summed E-state index contributed by atoms with van der Waals surface area (Å²) in [6.07, 6.45) is 2.55. The minimum Gasteiger partial charge on any atom is -0.329 e. The van der Waals surface area contributed by atoms with E-state index in [2.05, 4.69) is 5.10 Å². The van der Waals surface area contributed by atoms with Gasteiger partial charge in [0.15, 0.2) is 0 Å². The second-order valence-electron chi connectivity index (χ2n) is 5.20. The summed E-state index contributed by atoms with van der Waals surface area (Å²) in [5, 5.41) is 5.78. The zero-order valence-corrected chi connectivity index (χ0v) is 10.8. The maximum Gasteiger partial charge on any atom is 0.250 e. The average molecular weight is 245 g/mol. The molecule has 0 aromatic heterocycles. The first-order chi connectivity index (χ1) is 8.56. The number of carbonyl (C=O) groups is 1. The standard InChI is InChI=1S/C14H19N3O/c1-14(2,10-15)13(18)17-12(8-9-16-17)11-6-4-3-5-7-11/h3-7,9,12H,8,10,15H2,1-2H3. The van der Waals surface area contributed by atoms with E-state index in [9.17, 15) is 4.79 Å². The van der Waals surface area contributed by atoms with Crippen LogP contribution in [0.1, 0.15) is 31.9 Å². The molecule has 1 aromatic rings. The van der Waals surface area contributed by atoms with E-state index >= 15 is 0 Å². The maximum atomic E-state index is 12.4. The van der Waals surface area contributed by atoms with E-state index in [1.165, 1.54) is 0 Å². The van der Waals surface area contributed by atoms with Crippen LogP contribution in [0.2, 0.25) is 0 Å². The lowest BCUT2D eigenvalue weighted by Crippen LogP contribution is -2.42. The molecule has 1 aliphatic rings. The molecule has 1 unspecified atom stereocenters. The summed E-state index contributed by atoms with van der Waals surface area (Å²) >= 11 is 0. The van der Waals surface area contributed by atoms with Crippen molar-refractivity contribution in [1.29, 1.82) is 0 Å². The summed E-state index contributed by atoms with van der Waals surface area (Å²) < 4.78 is 0. The van der Waals surface area contributed by atoms with Crippen LogP contribution in [0.15, 0.2) is 35.4 Å². The first-order valence-corrected chi connectivity index (χ1v) is 6.17. The van der Waals surface area contributed by atoms with E-state index in [1.54, 1.807) is 11.2 Å². The lowest BCUT2D eigenvalue weighted by molar-refractivity contribution is -0.141. The van der Waals surface area contributed by atoms with E-state index in [1.807, 2.05) is 44.2 Å². The number of amides is 1. The summed E-state index contributed by atoms with van der Waals surface area (Å²) in [5.74, 6) is -0.0207. The third-order valence-corrected chi connectivity index (χ3v) is 3.31. The van der Waals surface area contributed by atoms with Gasteiger partial charge in [-0.2, -0.15) is 5.10 Å². The van der Waals surface area contributed by atoms with Crippen LogP contribution >= 0.6 is 0 Å². The minimum atomic E-state index is -0.575. The quantitative estimate of drug-likeness (QED) is 0.884. The normalized spacial score (nSPS) is 19.3. The number of rotatable bonds is 3. The van der Waals surface area contributed by atoms with Gasteiger partial charge in [0.25, 0.3) is 0 Å². The van der Waals surface area contributed by atoms with Crippen LogP contribution in [-0.2, 0) is 4.79 Å². The Labute approximate surface area is 107 Å². The van der Waals surface area contributed by atoms with Gasteiger partial charge in [0.2, 0.25) is 5.91 Å². The SMILES string of the molecule is CC(C)(CN)C(=O)N1N=CCC1c1ccccc1. The Morgan fingerprint density at radius 2 is 2.11 bits per heavy atom. The molecule has 0 saturated heterocycles. The molecule has 0 bridgehead atoms. The van der Waals surface area contributed by atoms with Crippen molar-refractivity contribution in [2.45, 2.75) is 26.3 Å². The summed E-state index contributed by atoms with van der Waals surface area (Å²) in [5.41, 5.74) is 6.19. The Bertz CT molecular complexity index is 453. The molecular weight excluding hydrogens is 226 g/mol. The number of hydrogen-bond donors (Lipinski definition) is 1. The van der Waals surface area contributed by atoms with Crippen LogP contribution in [0.5, 0.6) is 0 Å². The Balaban J connectivity index is 2.23. The van der Waals surface area contributed by atoms with Crippen molar-refractivity contribution >= 4 is 12.1 Å². The number of carbonyl (C=O) groups excluding carboxylic acids is 1. The van der Waals surface area contributed by atoms with E-state index in [0.717, 1.165) is 12.0 Å². The predicted molar refractivity (Wildman–Crippen MR) is 72.0 cm³/mol. The number of hydrogen-bond acceptors (Lipinski definition) is 3. The number of benzene rings is 1. The van der Waals surface area contributed by atoms with Crippen LogP contribution in [0.4, 0.5) is 0 Å². The molecule has 0 fully saturated rings. The van der Waals surface area contributed by atoms with Gasteiger partial charge in [-0.3, -0.25) is 4.79 Å². The summed E-state index contributed by atoms with van der Waals surface area (Å²) in [7, 11) is 0. The highest BCUT2D eigenvalue weighted by atomic mass is 16.2. The molecule has 4 heteroatoms. The van der Waals surface area contributed by atoms with Crippen molar-refractivity contribution < 1.29 is 4.79 Å². The highest BCUT2D eigenvalue weighted by molar-refractivity contribution is 5.84. The fraction of sp³-hybridized carbons (Fsp3) is 0.429. The lowest BCUT2D eigenvalue weighted by atomic mass is 9.91. The second-order valence-corrected chi connectivity index (χ2v) is 5.20. The van der Waals surface area contributed by atoms with Gasteiger partial charge in [-0.25, -0.2) is 5.01 Å². The van der Waals surface area contributed by atoms with Crippen molar-refractivity contribution in [3.63, 3.8) is 0 Å². The molecular formula is C14H19N3O. The molecule has 1 amide bonds. The topological polar surface area (TPSA) is 58.7 Å². The Morgan fingerprint density at radius 3 is 2.72 bits per heavy atom. The highest BCUT2D eigenvalue weighted by Gasteiger charge is 2.36. The molecule has 1 atom stereocenters. The van der Waals surface area contributed by atoms with Gasteiger partial charge in [0.1, 0.15) is 0 Å². The molecule has 1 aromatic carbocycles. The van der Waals surface area contributed by atoms with Gasteiger partial charge in [0, 0.05) is 19.2 Å². The Morgan fingerprint density at radius 1 is 1.44 bits per heavy atom. The van der Waals surface area contributed by atoms with Crippen molar-refractivity contribution in [3.05, 3.63) is 35.9 Å². The lowest BCUT2D eigenvalue weighted by Gasteiger charge is -2.30. The van der Waals surface area contributed by atoms with Gasteiger partial charge < -0.3 is 5.73 Å². The average Bonchev–Trinajstić information content (AvgIpc) is 2.87. The van der Waals surface area contributed by atoms with E-state index in [0.29, 0.717) is 6.54 Å². The van der Waals surface area contributed by atoms with Crippen molar-refractivity contribution in [2.24, 2.45) is 16.3 Å². The first kappa shape index (κ1) is 12.8. The largest absolute Gasteiger partial charge is 0.329 e. The van der Waals surface area contributed by atoms with E-state index < -0.39 is 5.41 Å². The third-order valence-electron chi connectivity index (χ3n) is 3.31. The van der Waals surface area contributed by atoms with Gasteiger partial charge in [-0.05, 0) is 19.4 Å². The molecule has 0 radical (unpaired) electrons. The first-order valence-electron chi connectivity index (χ1n) is 6.17. The summed E-state index contributed by atoms with van der Waals surface area (Å²) in [4.78, 5) is 12.4. The molecule has 0 aliphatic carbocycles. The van der Waals surface area contributed by atoms with Gasteiger partial charge in [0.05, 0.1) is 11.5 Å². The van der Waals surface area contributed by atoms with Crippen molar-refractivity contribution in [2.75, 3.05) is 6.54 Å². The molecule has 2 rings (SSSR count). The number of nitrogens with two attached hydrogens (primary N) is 1. The van der Waals surface area contributed by atoms with Crippen LogP contribution < -0.4 is 5.73 Å². The second kappa shape index (κ2) is 4.90. The fourth-order valence-corrected chi connectivity index (χ4v) is 1.96. The summed E-state index contributed by atoms with van der Waals surface area (Å²) in [6, 6.07) is 9.97. The molecule has 1 aliphatic heterocycles. The number of hydrazone groups is 1. The highest BCUT2D eigenvalue weighted by Crippen LogP contribution is 2.31. The molecule has 18 heavy (non-hydrogen) atoms. The summed E-state index contributed by atoms with van der Waals surface area (Å²) in [6.45, 7) is 4.02. The molecule has 0 spiro atoms. The molecule has 96 valence electrons. The van der Waals surface area contributed by atoms with Gasteiger partial charge >= 0.3 is 0 Å². The van der Waals surface area contributed by atoms with Crippen molar-refractivity contribution in [3.8, 4) is 0 Å². The van der Waals surface area contributed by atoms with Crippen LogP contribution in [0.3, 0.4) is 0 Å². The third kappa shape index (κ3) is 2.29. The Hall–Kier alpha value is -1.68. The molecule has 4 nitrogen and oxygen atoms in total. The van der Waals surface area contributed by atoms with Gasteiger partial charge in [-0.15, -0.1) is 0 Å². The minimum absolute atomic E-state index is 0.00419. The number of nitrogens with zero attached hydrogens (tertiary/aromatic N) is 2. The maximum absolute atomic E-state index is 12.4. The molecule has 2 N–H and O–H groups in total. The van der Waals surface area contributed by atoms with E-state index in [4.69, 9.17) is 5.73 Å². The van der Waals surface area contributed by atoms with Crippen LogP contribution in [-0.4, -0.2) is 23.7 Å². The fourth-order valence-electron chi connectivity index (χ4n) is 1.96.